The third-order valence-corrected chi connectivity index (χ3v) is 9.46. The molecule has 0 aliphatic heterocycles. The number of hydrazone groups is 1. The number of nitriles is 1. The number of hydrogen-bond donors (Lipinski definition) is 2. The van der Waals surface area contributed by atoms with Gasteiger partial charge in [-0.15, -0.1) is 0 Å². The van der Waals surface area contributed by atoms with Crippen LogP contribution in [-0.4, -0.2) is 41.0 Å². The van der Waals surface area contributed by atoms with E-state index in [2.05, 4.69) is 15.2 Å². The molecule has 2 N–H and O–H groups in total. The van der Waals surface area contributed by atoms with E-state index in [1.54, 1.807) is 59.1 Å². The van der Waals surface area contributed by atoms with Crippen molar-refractivity contribution in [2.75, 3.05) is 17.3 Å². The number of anilines is 2. The molecule has 47 heavy (non-hydrogen) atoms. The van der Waals surface area contributed by atoms with Gasteiger partial charge >= 0.3 is 0 Å². The van der Waals surface area contributed by atoms with Crippen LogP contribution in [-0.2, 0) is 17.1 Å². The minimum absolute atomic E-state index is 0.0616. The predicted molar refractivity (Wildman–Crippen MR) is 181 cm³/mol. The number of methoxy groups -OCH3 is 1. The highest BCUT2D eigenvalue weighted by molar-refractivity contribution is 7.92. The standard InChI is InChI=1S/C33H30ClN7O5S/c1-20-17-25(21(2)40(20)31-22(3)39(4)41(33(31)43)24-11-7-6-8-12-24)32(42)28(19-35)37-36-23-15-16-26(34)30(18-23)47(44,45)38-27-13-9-10-14-29(27)46-5/h6-18,36,38H,1-5H3/b37-28-. The minimum Gasteiger partial charge on any atom is -0.495 e. The van der Waals surface area contributed by atoms with Gasteiger partial charge in [0.2, 0.25) is 11.5 Å². The summed E-state index contributed by atoms with van der Waals surface area (Å²) in [6.07, 6.45) is 0. The Morgan fingerprint density at radius 3 is 2.34 bits per heavy atom. The van der Waals surface area contributed by atoms with Crippen molar-refractivity contribution in [3.63, 3.8) is 0 Å². The van der Waals surface area contributed by atoms with Gasteiger partial charge in [0.05, 0.1) is 34.9 Å². The Morgan fingerprint density at radius 1 is 0.979 bits per heavy atom. The quantitative estimate of drug-likeness (QED) is 0.112. The number of sulfonamides is 1. The Morgan fingerprint density at radius 2 is 1.66 bits per heavy atom. The van der Waals surface area contributed by atoms with Crippen molar-refractivity contribution in [2.24, 2.45) is 12.1 Å². The van der Waals surface area contributed by atoms with Crippen molar-refractivity contribution in [3.8, 4) is 23.2 Å². The van der Waals surface area contributed by atoms with Crippen LogP contribution >= 0.6 is 11.6 Å². The van der Waals surface area contributed by atoms with Gasteiger partial charge in [-0.05, 0) is 69.3 Å². The lowest BCUT2D eigenvalue weighted by atomic mass is 10.1. The number of halogens is 1. The second-order valence-electron chi connectivity index (χ2n) is 10.5. The van der Waals surface area contributed by atoms with Crippen LogP contribution in [0.25, 0.3) is 11.4 Å². The molecular formula is C33H30ClN7O5S. The molecule has 0 unspecified atom stereocenters. The Labute approximate surface area is 276 Å². The maximum absolute atomic E-state index is 13.7. The molecular weight excluding hydrogens is 642 g/mol. The SMILES string of the molecule is COc1ccccc1NS(=O)(=O)c1cc(N/N=C(/C#N)C(=O)c2cc(C)n(-c3c(C)n(C)n(-c4ccccc4)c3=O)c2C)ccc1Cl. The summed E-state index contributed by atoms with van der Waals surface area (Å²) in [4.78, 5) is 27.0. The van der Waals surface area contributed by atoms with Gasteiger partial charge in [-0.25, -0.2) is 13.1 Å². The van der Waals surface area contributed by atoms with Crippen LogP contribution in [0.2, 0.25) is 5.02 Å². The van der Waals surface area contributed by atoms with Crippen molar-refractivity contribution in [1.82, 2.24) is 13.9 Å². The number of nitrogens with one attached hydrogen (secondary N) is 2. The number of para-hydroxylation sites is 3. The Kier molecular flexibility index (Phi) is 9.10. The number of Topliss-reactive ketones (excluding diaryl/α,β-unsaturated/α-hetero) is 1. The van der Waals surface area contributed by atoms with Gasteiger partial charge in [0.25, 0.3) is 15.6 Å². The summed E-state index contributed by atoms with van der Waals surface area (Å²) in [7, 11) is -0.982. The zero-order valence-electron chi connectivity index (χ0n) is 26.1. The van der Waals surface area contributed by atoms with E-state index in [0.29, 0.717) is 34.2 Å². The zero-order valence-corrected chi connectivity index (χ0v) is 27.6. The zero-order chi connectivity index (χ0) is 34.0. The first-order valence-electron chi connectivity index (χ1n) is 14.2. The van der Waals surface area contributed by atoms with E-state index in [1.807, 2.05) is 43.3 Å². The van der Waals surface area contributed by atoms with Crippen LogP contribution in [0.1, 0.15) is 27.4 Å². The molecule has 0 bridgehead atoms. The molecule has 0 amide bonds. The summed E-state index contributed by atoms with van der Waals surface area (Å²) < 4.78 is 39.1. The second-order valence-corrected chi connectivity index (χ2v) is 12.6. The largest absolute Gasteiger partial charge is 0.495 e. The maximum atomic E-state index is 13.7. The van der Waals surface area contributed by atoms with Crippen LogP contribution in [0.5, 0.6) is 5.75 Å². The predicted octanol–water partition coefficient (Wildman–Crippen LogP) is 5.53. The van der Waals surface area contributed by atoms with E-state index in [9.17, 15) is 23.3 Å². The van der Waals surface area contributed by atoms with E-state index in [1.165, 1.54) is 31.4 Å². The van der Waals surface area contributed by atoms with Crippen LogP contribution in [0.3, 0.4) is 0 Å². The molecule has 0 aliphatic carbocycles. The molecule has 0 fully saturated rings. The number of carbonyl (C=O) groups excluding carboxylic acids is 1. The molecule has 0 radical (unpaired) electrons. The number of ketones is 1. The minimum atomic E-state index is -4.18. The third-order valence-electron chi connectivity index (χ3n) is 7.61. The monoisotopic (exact) mass is 671 g/mol. The van der Waals surface area contributed by atoms with Gasteiger partial charge in [-0.1, -0.05) is 41.9 Å². The molecule has 5 rings (SSSR count). The Bertz CT molecular complexity index is 2260. The van der Waals surface area contributed by atoms with E-state index in [0.717, 1.165) is 0 Å². The molecule has 5 aromatic rings. The molecule has 240 valence electrons. The van der Waals surface area contributed by atoms with Crippen LogP contribution in [0.15, 0.2) is 93.7 Å². The maximum Gasteiger partial charge on any atom is 0.295 e. The van der Waals surface area contributed by atoms with Gasteiger partial charge in [0, 0.05) is 24.0 Å². The lowest BCUT2D eigenvalue weighted by molar-refractivity contribution is 0.106. The van der Waals surface area contributed by atoms with E-state index in [-0.39, 0.29) is 32.4 Å². The number of ether oxygens (including phenoxy) is 1. The second kappa shape index (κ2) is 13.0. The highest BCUT2D eigenvalue weighted by Gasteiger charge is 2.26. The van der Waals surface area contributed by atoms with Crippen molar-refractivity contribution < 1.29 is 17.9 Å². The number of nitrogens with zero attached hydrogens (tertiary/aromatic N) is 5. The van der Waals surface area contributed by atoms with Crippen LogP contribution < -0.4 is 20.4 Å². The summed E-state index contributed by atoms with van der Waals surface area (Å²) in [5, 5.41) is 13.8. The molecule has 0 atom stereocenters. The fraction of sp³-hybridized carbons (Fsp3) is 0.152. The molecule has 0 saturated heterocycles. The number of hydrogen-bond acceptors (Lipinski definition) is 8. The topological polar surface area (TPSA) is 153 Å². The summed E-state index contributed by atoms with van der Waals surface area (Å²) >= 11 is 6.25. The molecule has 0 spiro atoms. The number of carbonyl (C=O) groups is 1. The highest BCUT2D eigenvalue weighted by atomic mass is 35.5. The van der Waals surface area contributed by atoms with Crippen LogP contribution in [0.4, 0.5) is 11.4 Å². The Balaban J connectivity index is 1.45. The van der Waals surface area contributed by atoms with E-state index < -0.39 is 21.5 Å². The lowest BCUT2D eigenvalue weighted by Gasteiger charge is -2.13. The fourth-order valence-corrected chi connectivity index (χ4v) is 6.83. The number of aryl methyl sites for hydroxylation is 1. The normalized spacial score (nSPS) is 11.6. The summed E-state index contributed by atoms with van der Waals surface area (Å²) in [5.41, 5.74) is 5.17. The molecule has 12 nitrogen and oxygen atoms in total. The van der Waals surface area contributed by atoms with Gasteiger partial charge in [-0.3, -0.25) is 24.4 Å². The van der Waals surface area contributed by atoms with Crippen LogP contribution in [0, 0.1) is 32.1 Å². The van der Waals surface area contributed by atoms with E-state index in [4.69, 9.17) is 16.3 Å². The fourth-order valence-electron chi connectivity index (χ4n) is 5.23. The summed E-state index contributed by atoms with van der Waals surface area (Å²) in [6.45, 7) is 5.26. The van der Waals surface area contributed by atoms with Gasteiger partial charge in [0.1, 0.15) is 22.4 Å². The first-order valence-corrected chi connectivity index (χ1v) is 16.0. The average Bonchev–Trinajstić information content (AvgIpc) is 3.46. The van der Waals surface area contributed by atoms with Gasteiger partial charge in [-0.2, -0.15) is 10.4 Å². The first-order chi connectivity index (χ1) is 22.4. The van der Waals surface area contributed by atoms with Crippen molar-refractivity contribution >= 4 is 44.5 Å². The van der Waals surface area contributed by atoms with Crippen molar-refractivity contribution in [3.05, 3.63) is 117 Å². The van der Waals surface area contributed by atoms with Gasteiger partial charge in [0.15, 0.2) is 0 Å². The average molecular weight is 672 g/mol. The highest BCUT2D eigenvalue weighted by Crippen LogP contribution is 2.30. The molecule has 0 aliphatic rings. The lowest BCUT2D eigenvalue weighted by Crippen LogP contribution is -2.22. The number of aromatic nitrogens is 3. The Hall–Kier alpha value is -5.58. The number of benzene rings is 3. The van der Waals surface area contributed by atoms with E-state index >= 15 is 0 Å². The summed E-state index contributed by atoms with van der Waals surface area (Å²) in [5.74, 6) is -0.372. The third kappa shape index (κ3) is 6.16. The van der Waals surface area contributed by atoms with Crippen molar-refractivity contribution in [2.45, 2.75) is 25.7 Å². The molecule has 14 heteroatoms. The molecule has 2 aromatic heterocycles. The number of rotatable bonds is 10. The molecule has 0 saturated carbocycles. The van der Waals surface area contributed by atoms with Crippen molar-refractivity contribution in [1.29, 1.82) is 5.26 Å². The summed E-state index contributed by atoms with van der Waals surface area (Å²) in [6, 6.07) is 23.1. The van der Waals surface area contributed by atoms with Gasteiger partial charge < -0.3 is 9.30 Å². The molecule has 3 aromatic carbocycles. The first kappa shape index (κ1) is 32.8. The smallest absolute Gasteiger partial charge is 0.295 e. The molecule has 2 heterocycles.